The van der Waals surface area contributed by atoms with E-state index >= 15 is 0 Å². The van der Waals surface area contributed by atoms with Gasteiger partial charge >= 0.3 is 11.9 Å². The van der Waals surface area contributed by atoms with E-state index in [4.69, 9.17) is 9.84 Å². The van der Waals surface area contributed by atoms with Gasteiger partial charge in [0.2, 0.25) is 0 Å². The third-order valence-electron chi connectivity index (χ3n) is 1.44. The first-order chi connectivity index (χ1) is 6.60. The molecule has 4 nitrogen and oxygen atoms in total. The Morgan fingerprint density at radius 3 is 2.50 bits per heavy atom. The highest BCUT2D eigenvalue weighted by Gasteiger charge is 2.06. The number of carbonyl (C=O) groups is 2. The highest BCUT2D eigenvalue weighted by molar-refractivity contribution is 5.90. The molecule has 0 saturated carbocycles. The van der Waals surface area contributed by atoms with Crippen LogP contribution in [0, 0.1) is 0 Å². The second kappa shape index (κ2) is 6.88. The maximum Gasteiger partial charge on any atom is 0.331 e. The molecule has 78 valence electrons. The fourth-order valence-corrected chi connectivity index (χ4v) is 0.801. The van der Waals surface area contributed by atoms with Crippen molar-refractivity contribution in [2.45, 2.75) is 26.4 Å². The maximum atomic E-state index is 11.0. The van der Waals surface area contributed by atoms with Gasteiger partial charge in [0.05, 0.1) is 0 Å². The van der Waals surface area contributed by atoms with E-state index < -0.39 is 11.9 Å². The normalized spacial score (nSPS) is 13.3. The van der Waals surface area contributed by atoms with Crippen molar-refractivity contribution in [2.75, 3.05) is 0 Å². The number of carboxylic acid groups (broad SMARTS) is 1. The van der Waals surface area contributed by atoms with Gasteiger partial charge in [-0.3, -0.25) is 0 Å². The van der Waals surface area contributed by atoms with E-state index in [0.29, 0.717) is 6.42 Å². The molecule has 0 aromatic rings. The molecule has 0 aliphatic carbocycles. The molecule has 0 heterocycles. The van der Waals surface area contributed by atoms with Crippen LogP contribution in [-0.2, 0) is 14.3 Å². The molecule has 0 saturated heterocycles. The van der Waals surface area contributed by atoms with E-state index in [1.165, 1.54) is 0 Å². The van der Waals surface area contributed by atoms with Gasteiger partial charge < -0.3 is 9.84 Å². The van der Waals surface area contributed by atoms with Crippen molar-refractivity contribution >= 4 is 11.9 Å². The van der Waals surface area contributed by atoms with Crippen molar-refractivity contribution in [1.82, 2.24) is 0 Å². The van der Waals surface area contributed by atoms with Gasteiger partial charge in [-0.15, -0.1) is 0 Å². The van der Waals surface area contributed by atoms with Crippen LogP contribution in [0.3, 0.4) is 0 Å². The van der Waals surface area contributed by atoms with Crippen LogP contribution in [0.1, 0.15) is 20.3 Å². The first kappa shape index (κ1) is 12.4. The van der Waals surface area contributed by atoms with E-state index in [1.54, 1.807) is 12.2 Å². The highest BCUT2D eigenvalue weighted by atomic mass is 16.5. The van der Waals surface area contributed by atoms with Gasteiger partial charge in [0.15, 0.2) is 0 Å². The molecule has 4 heteroatoms. The van der Waals surface area contributed by atoms with Gasteiger partial charge in [-0.25, -0.2) is 9.59 Å². The third-order valence-corrected chi connectivity index (χ3v) is 1.44. The average Bonchev–Trinajstić information content (AvgIpc) is 2.14. The molecule has 0 aliphatic heterocycles. The molecule has 0 aromatic heterocycles. The number of hydrogen-bond acceptors (Lipinski definition) is 3. The lowest BCUT2D eigenvalue weighted by Gasteiger charge is -2.09. The highest BCUT2D eigenvalue weighted by Crippen LogP contribution is 2.00. The third kappa shape index (κ3) is 5.99. The Bertz CT molecular complexity index is 253. The molecule has 0 spiro atoms. The molecule has 0 bridgehead atoms. The predicted octanol–water partition coefficient (Wildman–Crippen LogP) is 1.53. The zero-order valence-corrected chi connectivity index (χ0v) is 8.27. The lowest BCUT2D eigenvalue weighted by atomic mass is 10.2. The van der Waals surface area contributed by atoms with Gasteiger partial charge in [-0.05, 0) is 19.4 Å². The number of allylic oxidation sites excluding steroid dienone is 1. The molecule has 0 fully saturated rings. The van der Waals surface area contributed by atoms with Gasteiger partial charge in [0.1, 0.15) is 6.10 Å². The van der Waals surface area contributed by atoms with Crippen LogP contribution in [-0.4, -0.2) is 23.1 Å². The summed E-state index contributed by atoms with van der Waals surface area (Å²) in [7, 11) is 0. The van der Waals surface area contributed by atoms with Crippen molar-refractivity contribution in [3.05, 3.63) is 24.3 Å². The fraction of sp³-hybridized carbons (Fsp3) is 0.400. The Hall–Kier alpha value is -1.58. The second-order valence-corrected chi connectivity index (χ2v) is 2.58. The Morgan fingerprint density at radius 2 is 2.07 bits per heavy atom. The summed E-state index contributed by atoms with van der Waals surface area (Å²) in [5.74, 6) is -1.81. The topological polar surface area (TPSA) is 63.6 Å². The molecule has 1 unspecified atom stereocenters. The lowest BCUT2D eigenvalue weighted by molar-refractivity contribution is -0.141. The predicted molar refractivity (Wildman–Crippen MR) is 51.8 cm³/mol. The number of carbonyl (C=O) groups excluding carboxylic acids is 1. The Labute approximate surface area is 82.9 Å². The van der Waals surface area contributed by atoms with E-state index in [2.05, 4.69) is 0 Å². The summed E-state index contributed by atoms with van der Waals surface area (Å²) in [5.41, 5.74) is 0. The summed E-state index contributed by atoms with van der Waals surface area (Å²) in [4.78, 5) is 21.1. The van der Waals surface area contributed by atoms with Gasteiger partial charge in [-0.1, -0.05) is 13.0 Å². The molecule has 0 amide bonds. The monoisotopic (exact) mass is 198 g/mol. The van der Waals surface area contributed by atoms with Crippen molar-refractivity contribution in [1.29, 1.82) is 0 Å². The molecule has 1 atom stereocenters. The summed E-state index contributed by atoms with van der Waals surface area (Å²) >= 11 is 0. The zero-order valence-electron chi connectivity index (χ0n) is 8.27. The van der Waals surface area contributed by atoms with E-state index in [-0.39, 0.29) is 6.10 Å². The Morgan fingerprint density at radius 1 is 1.43 bits per heavy atom. The Kier molecular flexibility index (Phi) is 6.11. The van der Waals surface area contributed by atoms with E-state index in [0.717, 1.165) is 12.2 Å². The molecule has 0 aliphatic rings. The summed E-state index contributed by atoms with van der Waals surface area (Å²) in [5, 5.41) is 8.25. The number of rotatable bonds is 5. The summed E-state index contributed by atoms with van der Waals surface area (Å²) < 4.78 is 4.91. The molecule has 0 aromatic carbocycles. The quantitative estimate of drug-likeness (QED) is 0.413. The Balaban J connectivity index is 4.09. The average molecular weight is 198 g/mol. The number of esters is 1. The van der Waals surface area contributed by atoms with E-state index in [1.807, 2.05) is 13.8 Å². The number of ether oxygens (including phenoxy) is 1. The molecule has 0 rings (SSSR count). The minimum atomic E-state index is -1.17. The summed E-state index contributed by atoms with van der Waals surface area (Å²) in [6, 6.07) is 0. The minimum absolute atomic E-state index is 0.286. The molecule has 1 N–H and O–H groups in total. The number of hydrogen-bond donors (Lipinski definition) is 1. The molecule has 14 heavy (non-hydrogen) atoms. The summed E-state index contributed by atoms with van der Waals surface area (Å²) in [6.07, 6.45) is 5.55. The van der Waals surface area contributed by atoms with Crippen molar-refractivity contribution in [2.24, 2.45) is 0 Å². The van der Waals surface area contributed by atoms with Gasteiger partial charge in [-0.2, -0.15) is 0 Å². The SMILES string of the molecule is CC=CC(CC)OC(=O)/C=C\C(=O)O. The van der Waals surface area contributed by atoms with Crippen LogP contribution < -0.4 is 0 Å². The largest absolute Gasteiger partial charge is 0.478 e. The van der Waals surface area contributed by atoms with Crippen molar-refractivity contribution in [3.8, 4) is 0 Å². The van der Waals surface area contributed by atoms with Crippen LogP contribution in [0.4, 0.5) is 0 Å². The van der Waals surface area contributed by atoms with Gasteiger partial charge in [0, 0.05) is 12.2 Å². The second-order valence-electron chi connectivity index (χ2n) is 2.58. The summed E-state index contributed by atoms with van der Waals surface area (Å²) in [6.45, 7) is 3.70. The first-order valence-electron chi connectivity index (χ1n) is 4.34. The van der Waals surface area contributed by atoms with Crippen LogP contribution >= 0.6 is 0 Å². The van der Waals surface area contributed by atoms with Crippen molar-refractivity contribution < 1.29 is 19.4 Å². The number of aliphatic carboxylic acids is 1. The van der Waals surface area contributed by atoms with Crippen LogP contribution in [0.25, 0.3) is 0 Å². The lowest BCUT2D eigenvalue weighted by Crippen LogP contribution is -2.13. The van der Waals surface area contributed by atoms with Crippen molar-refractivity contribution in [3.63, 3.8) is 0 Å². The van der Waals surface area contributed by atoms with Gasteiger partial charge in [0.25, 0.3) is 0 Å². The maximum absolute atomic E-state index is 11.0. The fourth-order valence-electron chi connectivity index (χ4n) is 0.801. The zero-order chi connectivity index (χ0) is 11.0. The van der Waals surface area contributed by atoms with Crippen LogP contribution in [0.5, 0.6) is 0 Å². The molecular weight excluding hydrogens is 184 g/mol. The van der Waals surface area contributed by atoms with Crippen LogP contribution in [0.15, 0.2) is 24.3 Å². The standard InChI is InChI=1S/C10H14O4/c1-3-5-8(4-2)14-10(13)7-6-9(11)12/h3,5-8H,4H2,1-2H3,(H,11,12)/b5-3?,7-6-. The minimum Gasteiger partial charge on any atom is -0.478 e. The first-order valence-corrected chi connectivity index (χ1v) is 4.34. The van der Waals surface area contributed by atoms with E-state index in [9.17, 15) is 9.59 Å². The van der Waals surface area contributed by atoms with Crippen LogP contribution in [0.2, 0.25) is 0 Å². The molecular formula is C10H14O4. The smallest absolute Gasteiger partial charge is 0.331 e. The number of carboxylic acids is 1. The molecule has 0 radical (unpaired) electrons.